The number of benzene rings is 1. The van der Waals surface area contributed by atoms with Crippen LogP contribution in [0.2, 0.25) is 5.02 Å². The molecule has 0 aliphatic rings. The third kappa shape index (κ3) is 3.78. The van der Waals surface area contributed by atoms with Gasteiger partial charge in [0, 0.05) is 10.9 Å². The minimum absolute atomic E-state index is 0.106. The van der Waals surface area contributed by atoms with Gasteiger partial charge in [-0.2, -0.15) is 0 Å². The van der Waals surface area contributed by atoms with Gasteiger partial charge < -0.3 is 5.32 Å². The first kappa shape index (κ1) is 15.0. The highest BCUT2D eigenvalue weighted by molar-refractivity contribution is 9.11. The Balaban J connectivity index is 2.23. The summed E-state index contributed by atoms with van der Waals surface area (Å²) in [7, 11) is 0. The lowest BCUT2D eigenvalue weighted by Crippen LogP contribution is -2.22. The number of hydrogen-bond acceptors (Lipinski definition) is 2. The zero-order chi connectivity index (χ0) is 13.8. The molecule has 5 heteroatoms. The monoisotopic (exact) mass is 361 g/mol. The largest absolute Gasteiger partial charge is 0.309 e. The maximum atomic E-state index is 14.0. The molecule has 0 saturated heterocycles. The lowest BCUT2D eigenvalue weighted by atomic mass is 10.0. The van der Waals surface area contributed by atoms with E-state index in [2.05, 4.69) is 27.3 Å². The van der Waals surface area contributed by atoms with Crippen LogP contribution in [0.1, 0.15) is 23.4 Å². The molecule has 1 atom stereocenters. The van der Waals surface area contributed by atoms with E-state index in [0.29, 0.717) is 12.0 Å². The highest BCUT2D eigenvalue weighted by Gasteiger charge is 2.16. The molecular weight excluding hydrogens is 349 g/mol. The highest BCUT2D eigenvalue weighted by atomic mass is 79.9. The van der Waals surface area contributed by atoms with E-state index in [1.165, 1.54) is 4.88 Å². The van der Waals surface area contributed by atoms with Crippen LogP contribution in [0.25, 0.3) is 0 Å². The summed E-state index contributed by atoms with van der Waals surface area (Å²) in [4.78, 5) is 1.19. The quantitative estimate of drug-likeness (QED) is 0.771. The van der Waals surface area contributed by atoms with Gasteiger partial charge in [0.25, 0.3) is 0 Å². The molecule has 0 bridgehead atoms. The number of likely N-dealkylation sites (N-methyl/N-ethyl adjacent to an activating group) is 1. The average molecular weight is 363 g/mol. The third-order valence-corrected chi connectivity index (χ3v) is 4.87. The molecule has 19 heavy (non-hydrogen) atoms. The summed E-state index contributed by atoms with van der Waals surface area (Å²) in [6.45, 7) is 2.88. The minimum atomic E-state index is -0.317. The SMILES string of the molecule is CCNC(Cc1cccc(Cl)c1F)c1ccc(Br)s1. The fourth-order valence-electron chi connectivity index (χ4n) is 1.96. The molecule has 0 spiro atoms. The molecule has 0 saturated carbocycles. The molecule has 0 amide bonds. The summed E-state index contributed by atoms with van der Waals surface area (Å²) in [5.74, 6) is -0.317. The number of hydrogen-bond donors (Lipinski definition) is 1. The van der Waals surface area contributed by atoms with Gasteiger partial charge in [0.15, 0.2) is 0 Å². The van der Waals surface area contributed by atoms with Crippen LogP contribution in [0.5, 0.6) is 0 Å². The first-order chi connectivity index (χ1) is 9.11. The molecule has 1 heterocycles. The van der Waals surface area contributed by atoms with Crippen molar-refractivity contribution in [3.63, 3.8) is 0 Å². The van der Waals surface area contributed by atoms with E-state index in [-0.39, 0.29) is 16.9 Å². The van der Waals surface area contributed by atoms with Crippen molar-refractivity contribution < 1.29 is 4.39 Å². The maximum Gasteiger partial charge on any atom is 0.145 e. The molecule has 102 valence electrons. The van der Waals surface area contributed by atoms with Crippen molar-refractivity contribution in [2.24, 2.45) is 0 Å². The summed E-state index contributed by atoms with van der Waals surface area (Å²) in [6, 6.07) is 9.32. The predicted molar refractivity (Wildman–Crippen MR) is 83.6 cm³/mol. The number of thiophene rings is 1. The molecule has 2 aromatic rings. The van der Waals surface area contributed by atoms with E-state index < -0.39 is 0 Å². The van der Waals surface area contributed by atoms with Gasteiger partial charge in [0.1, 0.15) is 5.82 Å². The van der Waals surface area contributed by atoms with Gasteiger partial charge in [0.2, 0.25) is 0 Å². The summed E-state index contributed by atoms with van der Waals surface area (Å²) < 4.78 is 15.0. The molecule has 0 radical (unpaired) electrons. The molecule has 1 N–H and O–H groups in total. The van der Waals surface area contributed by atoms with Crippen LogP contribution in [-0.4, -0.2) is 6.54 Å². The van der Waals surface area contributed by atoms with E-state index >= 15 is 0 Å². The Kier molecular flexibility index (Phi) is 5.39. The van der Waals surface area contributed by atoms with Crippen LogP contribution >= 0.6 is 38.9 Å². The first-order valence-corrected chi connectivity index (χ1v) is 8.02. The Hall–Kier alpha value is -0.420. The Bertz CT molecular complexity index is 558. The second kappa shape index (κ2) is 6.84. The number of nitrogens with one attached hydrogen (secondary N) is 1. The number of rotatable bonds is 5. The lowest BCUT2D eigenvalue weighted by Gasteiger charge is -2.17. The zero-order valence-corrected chi connectivity index (χ0v) is 13.6. The predicted octanol–water partition coefficient (Wildman–Crippen LogP) is 5.20. The van der Waals surface area contributed by atoms with Crippen LogP contribution in [0.4, 0.5) is 4.39 Å². The zero-order valence-electron chi connectivity index (χ0n) is 10.4. The molecule has 1 nitrogen and oxygen atoms in total. The van der Waals surface area contributed by atoms with Gasteiger partial charge in [-0.05, 0) is 52.7 Å². The van der Waals surface area contributed by atoms with Crippen molar-refractivity contribution in [1.82, 2.24) is 5.32 Å². The van der Waals surface area contributed by atoms with Crippen LogP contribution in [0.3, 0.4) is 0 Å². The van der Waals surface area contributed by atoms with Gasteiger partial charge in [-0.3, -0.25) is 0 Å². The molecule has 2 rings (SSSR count). The Labute approximate surface area is 129 Å². The van der Waals surface area contributed by atoms with Crippen LogP contribution in [-0.2, 0) is 6.42 Å². The number of halogens is 3. The molecule has 1 aromatic carbocycles. The minimum Gasteiger partial charge on any atom is -0.309 e. The molecule has 1 aromatic heterocycles. The molecule has 0 fully saturated rings. The summed E-state index contributed by atoms with van der Waals surface area (Å²) in [5.41, 5.74) is 0.642. The Morgan fingerprint density at radius 3 is 2.79 bits per heavy atom. The van der Waals surface area contributed by atoms with Crippen molar-refractivity contribution in [3.05, 3.63) is 55.4 Å². The topological polar surface area (TPSA) is 12.0 Å². The van der Waals surface area contributed by atoms with Gasteiger partial charge in [-0.25, -0.2) is 4.39 Å². The van der Waals surface area contributed by atoms with E-state index in [1.54, 1.807) is 29.5 Å². The normalized spacial score (nSPS) is 12.6. The molecule has 0 aliphatic carbocycles. The molecule has 0 aliphatic heterocycles. The lowest BCUT2D eigenvalue weighted by molar-refractivity contribution is 0.534. The van der Waals surface area contributed by atoms with Crippen LogP contribution < -0.4 is 5.32 Å². The van der Waals surface area contributed by atoms with E-state index in [4.69, 9.17) is 11.6 Å². The second-order valence-electron chi connectivity index (χ2n) is 4.17. The smallest absolute Gasteiger partial charge is 0.145 e. The van der Waals surface area contributed by atoms with E-state index in [1.807, 2.05) is 13.0 Å². The van der Waals surface area contributed by atoms with Crippen molar-refractivity contribution in [2.45, 2.75) is 19.4 Å². The third-order valence-electron chi connectivity index (χ3n) is 2.84. The Morgan fingerprint density at radius 2 is 2.16 bits per heavy atom. The van der Waals surface area contributed by atoms with E-state index in [0.717, 1.165) is 10.3 Å². The summed E-state index contributed by atoms with van der Waals surface area (Å²) in [6.07, 6.45) is 0.590. The van der Waals surface area contributed by atoms with E-state index in [9.17, 15) is 4.39 Å². The fourth-order valence-corrected chi connectivity index (χ4v) is 3.65. The highest BCUT2D eigenvalue weighted by Crippen LogP contribution is 2.30. The molecule has 1 unspecified atom stereocenters. The van der Waals surface area contributed by atoms with Gasteiger partial charge >= 0.3 is 0 Å². The van der Waals surface area contributed by atoms with Gasteiger partial charge in [-0.1, -0.05) is 30.7 Å². The second-order valence-corrected chi connectivity index (χ2v) is 7.07. The van der Waals surface area contributed by atoms with Crippen LogP contribution in [0.15, 0.2) is 34.1 Å². The fraction of sp³-hybridized carbons (Fsp3) is 0.286. The van der Waals surface area contributed by atoms with Gasteiger partial charge in [0.05, 0.1) is 8.81 Å². The first-order valence-electron chi connectivity index (χ1n) is 6.03. The van der Waals surface area contributed by atoms with Crippen molar-refractivity contribution in [1.29, 1.82) is 0 Å². The van der Waals surface area contributed by atoms with Crippen LogP contribution in [0, 0.1) is 5.82 Å². The van der Waals surface area contributed by atoms with Crippen molar-refractivity contribution >= 4 is 38.9 Å². The van der Waals surface area contributed by atoms with Crippen molar-refractivity contribution in [2.75, 3.05) is 6.54 Å². The standard InChI is InChI=1S/C14H14BrClFNS/c1-2-18-11(12-6-7-13(15)19-12)8-9-4-3-5-10(16)14(9)17/h3-7,11,18H,2,8H2,1H3. The Morgan fingerprint density at radius 1 is 1.37 bits per heavy atom. The summed E-state index contributed by atoms with van der Waals surface area (Å²) >= 11 is 10.9. The average Bonchev–Trinajstić information content (AvgIpc) is 2.81. The molecular formula is C14H14BrClFNS. The van der Waals surface area contributed by atoms with Gasteiger partial charge in [-0.15, -0.1) is 11.3 Å². The summed E-state index contributed by atoms with van der Waals surface area (Å²) in [5, 5.41) is 3.57. The maximum absolute atomic E-state index is 14.0. The van der Waals surface area contributed by atoms with Crippen molar-refractivity contribution in [3.8, 4) is 0 Å².